The average molecular weight is 227 g/mol. The number of nitrogens with zero attached hydrogens (tertiary/aromatic N) is 2. The van der Waals surface area contributed by atoms with Crippen LogP contribution in [-0.2, 0) is 4.74 Å². The molecule has 94 valence electrons. The highest BCUT2D eigenvalue weighted by atomic mass is 16.5. The number of rotatable bonds is 4. The van der Waals surface area contributed by atoms with Crippen molar-refractivity contribution in [1.29, 1.82) is 0 Å². The Morgan fingerprint density at radius 2 is 2.25 bits per heavy atom. The predicted molar refractivity (Wildman–Crippen MR) is 67.5 cm³/mol. The lowest BCUT2D eigenvalue weighted by atomic mass is 10.1. The summed E-state index contributed by atoms with van der Waals surface area (Å²) in [6.45, 7) is 6.82. The largest absolute Gasteiger partial charge is 0.376 e. The van der Waals surface area contributed by atoms with Gasteiger partial charge in [0.05, 0.1) is 6.10 Å². The summed E-state index contributed by atoms with van der Waals surface area (Å²) in [5, 5.41) is 0. The molecule has 1 atom stereocenters. The van der Waals surface area contributed by atoms with Crippen molar-refractivity contribution >= 4 is 5.96 Å². The first-order valence-corrected chi connectivity index (χ1v) is 6.22. The van der Waals surface area contributed by atoms with Gasteiger partial charge >= 0.3 is 0 Å². The van der Waals surface area contributed by atoms with Gasteiger partial charge in [-0.2, -0.15) is 0 Å². The third-order valence-corrected chi connectivity index (χ3v) is 2.76. The molecule has 4 heteroatoms. The van der Waals surface area contributed by atoms with Gasteiger partial charge in [0, 0.05) is 26.7 Å². The molecule has 0 bridgehead atoms. The Bertz CT molecular complexity index is 222. The van der Waals surface area contributed by atoms with Crippen molar-refractivity contribution in [1.82, 2.24) is 4.90 Å². The van der Waals surface area contributed by atoms with E-state index >= 15 is 0 Å². The molecule has 1 unspecified atom stereocenters. The van der Waals surface area contributed by atoms with E-state index in [9.17, 15) is 0 Å². The summed E-state index contributed by atoms with van der Waals surface area (Å²) in [5.41, 5.74) is 5.90. The third-order valence-electron chi connectivity index (χ3n) is 2.76. The smallest absolute Gasteiger partial charge is 0.191 e. The molecule has 0 aliphatic carbocycles. The Hall–Kier alpha value is -0.770. The maximum Gasteiger partial charge on any atom is 0.191 e. The van der Waals surface area contributed by atoms with E-state index in [2.05, 4.69) is 18.8 Å². The van der Waals surface area contributed by atoms with Gasteiger partial charge in [-0.3, -0.25) is 4.99 Å². The van der Waals surface area contributed by atoms with E-state index < -0.39 is 0 Å². The number of nitrogens with two attached hydrogens (primary N) is 1. The van der Waals surface area contributed by atoms with Crippen molar-refractivity contribution in [2.24, 2.45) is 16.6 Å². The lowest BCUT2D eigenvalue weighted by Crippen LogP contribution is -2.41. The standard InChI is InChI=1S/C12H25N3O/c1-10(2)8-14-12(13)15(3)9-11-6-4-5-7-16-11/h10-11H,4-9H2,1-3H3,(H2,13,14). The van der Waals surface area contributed by atoms with Crippen LogP contribution in [0.5, 0.6) is 0 Å². The zero-order chi connectivity index (χ0) is 12.0. The molecule has 1 aliphatic heterocycles. The number of ether oxygens (including phenoxy) is 1. The maximum absolute atomic E-state index is 5.90. The topological polar surface area (TPSA) is 50.8 Å². The van der Waals surface area contributed by atoms with Crippen molar-refractivity contribution in [3.8, 4) is 0 Å². The van der Waals surface area contributed by atoms with Gasteiger partial charge in [-0.1, -0.05) is 13.8 Å². The summed E-state index contributed by atoms with van der Waals surface area (Å²) >= 11 is 0. The lowest BCUT2D eigenvalue weighted by molar-refractivity contribution is 0.00699. The van der Waals surface area contributed by atoms with Crippen LogP contribution in [0, 0.1) is 5.92 Å². The Labute approximate surface area is 98.9 Å². The van der Waals surface area contributed by atoms with E-state index in [1.54, 1.807) is 0 Å². The number of guanidine groups is 1. The number of hydrogen-bond acceptors (Lipinski definition) is 2. The highest BCUT2D eigenvalue weighted by molar-refractivity contribution is 5.77. The molecule has 2 N–H and O–H groups in total. The van der Waals surface area contributed by atoms with Crippen LogP contribution in [0.4, 0.5) is 0 Å². The molecule has 0 aromatic rings. The number of likely N-dealkylation sites (N-methyl/N-ethyl adjacent to an activating group) is 1. The van der Waals surface area contributed by atoms with Crippen LogP contribution in [0.25, 0.3) is 0 Å². The van der Waals surface area contributed by atoms with Gasteiger partial charge < -0.3 is 15.4 Å². The van der Waals surface area contributed by atoms with Crippen LogP contribution in [0.15, 0.2) is 4.99 Å². The third kappa shape index (κ3) is 4.84. The summed E-state index contributed by atoms with van der Waals surface area (Å²) in [4.78, 5) is 6.35. The number of hydrogen-bond donors (Lipinski definition) is 1. The monoisotopic (exact) mass is 227 g/mol. The first-order valence-electron chi connectivity index (χ1n) is 6.22. The summed E-state index contributed by atoms with van der Waals surface area (Å²) < 4.78 is 5.67. The van der Waals surface area contributed by atoms with Crippen LogP contribution >= 0.6 is 0 Å². The fourth-order valence-corrected chi connectivity index (χ4v) is 1.75. The molecule has 1 fully saturated rings. The van der Waals surface area contributed by atoms with Crippen molar-refractivity contribution in [3.63, 3.8) is 0 Å². The fraction of sp³-hybridized carbons (Fsp3) is 0.917. The van der Waals surface area contributed by atoms with E-state index in [1.807, 2.05) is 11.9 Å². The minimum atomic E-state index is 0.326. The molecule has 1 heterocycles. The minimum absolute atomic E-state index is 0.326. The molecule has 1 rings (SSSR count). The van der Waals surface area contributed by atoms with Gasteiger partial charge in [0.15, 0.2) is 5.96 Å². The second-order valence-corrected chi connectivity index (χ2v) is 4.96. The molecule has 4 nitrogen and oxygen atoms in total. The Balaban J connectivity index is 2.32. The molecule has 0 amide bonds. The molecule has 0 aromatic carbocycles. The lowest BCUT2D eigenvalue weighted by Gasteiger charge is -2.28. The molecule has 0 radical (unpaired) electrons. The predicted octanol–water partition coefficient (Wildman–Crippen LogP) is 1.46. The van der Waals surface area contributed by atoms with E-state index in [0.29, 0.717) is 18.0 Å². The van der Waals surface area contributed by atoms with Crippen molar-refractivity contribution in [2.75, 3.05) is 26.7 Å². The second kappa shape index (κ2) is 6.74. The molecule has 16 heavy (non-hydrogen) atoms. The minimum Gasteiger partial charge on any atom is -0.376 e. The zero-order valence-electron chi connectivity index (χ0n) is 10.8. The summed E-state index contributed by atoms with van der Waals surface area (Å²) in [7, 11) is 1.98. The Morgan fingerprint density at radius 1 is 1.50 bits per heavy atom. The fourth-order valence-electron chi connectivity index (χ4n) is 1.75. The van der Waals surface area contributed by atoms with Gasteiger partial charge in [-0.15, -0.1) is 0 Å². The van der Waals surface area contributed by atoms with Gasteiger partial charge in [0.25, 0.3) is 0 Å². The second-order valence-electron chi connectivity index (χ2n) is 4.96. The van der Waals surface area contributed by atoms with Crippen molar-refractivity contribution in [2.45, 2.75) is 39.2 Å². The van der Waals surface area contributed by atoms with Gasteiger partial charge in [0.1, 0.15) is 0 Å². The van der Waals surface area contributed by atoms with Crippen molar-refractivity contribution < 1.29 is 4.74 Å². The molecule has 0 saturated carbocycles. The zero-order valence-corrected chi connectivity index (χ0v) is 10.8. The Morgan fingerprint density at radius 3 is 2.81 bits per heavy atom. The molecular formula is C12H25N3O. The average Bonchev–Trinajstić information content (AvgIpc) is 2.27. The molecular weight excluding hydrogens is 202 g/mol. The molecule has 1 saturated heterocycles. The van der Waals surface area contributed by atoms with Gasteiger partial charge in [-0.05, 0) is 25.2 Å². The van der Waals surface area contributed by atoms with Crippen molar-refractivity contribution in [3.05, 3.63) is 0 Å². The van der Waals surface area contributed by atoms with Gasteiger partial charge in [-0.25, -0.2) is 0 Å². The van der Waals surface area contributed by atoms with Crippen LogP contribution in [0.2, 0.25) is 0 Å². The Kier molecular flexibility index (Phi) is 5.60. The van der Waals surface area contributed by atoms with E-state index in [1.165, 1.54) is 12.8 Å². The van der Waals surface area contributed by atoms with E-state index in [0.717, 1.165) is 26.1 Å². The SMILES string of the molecule is CC(C)CN=C(N)N(C)CC1CCCCO1. The quantitative estimate of drug-likeness (QED) is 0.584. The highest BCUT2D eigenvalue weighted by Crippen LogP contribution is 2.13. The van der Waals surface area contributed by atoms with Gasteiger partial charge in [0.2, 0.25) is 0 Å². The maximum atomic E-state index is 5.90. The normalized spacial score (nSPS) is 22.5. The van der Waals surface area contributed by atoms with E-state index in [-0.39, 0.29) is 0 Å². The van der Waals surface area contributed by atoms with Crippen LogP contribution in [0.1, 0.15) is 33.1 Å². The molecule has 0 spiro atoms. The van der Waals surface area contributed by atoms with E-state index in [4.69, 9.17) is 10.5 Å². The van der Waals surface area contributed by atoms with Crippen LogP contribution in [0.3, 0.4) is 0 Å². The molecule has 0 aromatic heterocycles. The molecule has 1 aliphatic rings. The summed E-state index contributed by atoms with van der Waals surface area (Å²) in [6.07, 6.45) is 3.92. The van der Waals surface area contributed by atoms with Crippen LogP contribution in [-0.4, -0.2) is 43.7 Å². The first kappa shape index (κ1) is 13.3. The highest BCUT2D eigenvalue weighted by Gasteiger charge is 2.16. The van der Waals surface area contributed by atoms with Crippen LogP contribution < -0.4 is 5.73 Å². The first-order chi connectivity index (χ1) is 7.59. The summed E-state index contributed by atoms with van der Waals surface area (Å²) in [6, 6.07) is 0. The number of aliphatic imine (C=N–C) groups is 1. The summed E-state index contributed by atoms with van der Waals surface area (Å²) in [5.74, 6) is 1.18.